The first-order valence-electron chi connectivity index (χ1n) is 19.8. The maximum atomic E-state index is 6.83. The molecule has 0 radical (unpaired) electrons. The molecule has 0 aliphatic heterocycles. The quantitative estimate of drug-likeness (QED) is 0.169. The van der Waals surface area contributed by atoms with Gasteiger partial charge in [0.25, 0.3) is 0 Å². The molecule has 0 N–H and O–H groups in total. The smallest absolute Gasteiger partial charge is 0.143 e. The van der Waals surface area contributed by atoms with Crippen molar-refractivity contribution in [2.24, 2.45) is 0 Å². The second-order valence-electron chi connectivity index (χ2n) is 15.7. The molecule has 0 spiro atoms. The third kappa shape index (κ3) is 5.25. The number of para-hydroxylation sites is 2. The Morgan fingerprint density at radius 3 is 1.88 bits per heavy atom. The summed E-state index contributed by atoms with van der Waals surface area (Å²) >= 11 is 0. The number of hydrogen-bond acceptors (Lipinski definition) is 2. The average molecular weight is 730 g/mol. The van der Waals surface area contributed by atoms with E-state index >= 15 is 0 Å². The number of fused-ring (bicyclic) bond motifs is 7. The van der Waals surface area contributed by atoms with E-state index in [-0.39, 0.29) is 5.41 Å². The Hall–Kier alpha value is -7.16. The Labute approximate surface area is 332 Å². The zero-order valence-electron chi connectivity index (χ0n) is 31.9. The lowest BCUT2D eigenvalue weighted by molar-refractivity contribution is 0.660. The van der Waals surface area contributed by atoms with E-state index in [2.05, 4.69) is 213 Å². The summed E-state index contributed by atoms with van der Waals surface area (Å²) in [4.78, 5) is 2.46. The summed E-state index contributed by atoms with van der Waals surface area (Å²) in [7, 11) is 0. The van der Waals surface area contributed by atoms with Gasteiger partial charge in [0.2, 0.25) is 0 Å². The largest absolute Gasteiger partial charge is 0.455 e. The number of hydrogen-bond donors (Lipinski definition) is 0. The van der Waals surface area contributed by atoms with E-state index < -0.39 is 0 Å². The van der Waals surface area contributed by atoms with Crippen LogP contribution in [0.1, 0.15) is 25.0 Å². The fourth-order valence-corrected chi connectivity index (χ4v) is 9.33. The number of benzene rings is 9. The van der Waals surface area contributed by atoms with Crippen molar-refractivity contribution in [2.75, 3.05) is 4.90 Å². The average Bonchev–Trinajstić information content (AvgIpc) is 3.76. The molecule has 0 atom stereocenters. The highest BCUT2D eigenvalue weighted by molar-refractivity contribution is 6.14. The lowest BCUT2D eigenvalue weighted by atomic mass is 9.82. The third-order valence-corrected chi connectivity index (χ3v) is 12.1. The summed E-state index contributed by atoms with van der Waals surface area (Å²) in [6.07, 6.45) is 0. The fraction of sp³-hybridized carbons (Fsp3) is 0.0545. The van der Waals surface area contributed by atoms with Crippen molar-refractivity contribution in [3.05, 3.63) is 211 Å². The van der Waals surface area contributed by atoms with Crippen LogP contribution in [-0.2, 0) is 5.41 Å². The normalized spacial score (nSPS) is 12.9. The predicted octanol–water partition coefficient (Wildman–Crippen LogP) is 15.5. The second-order valence-corrected chi connectivity index (χ2v) is 15.7. The molecule has 0 saturated carbocycles. The molecule has 0 amide bonds. The minimum Gasteiger partial charge on any atom is -0.455 e. The molecule has 57 heavy (non-hydrogen) atoms. The Kier molecular flexibility index (Phi) is 7.55. The Morgan fingerprint density at radius 2 is 1.00 bits per heavy atom. The van der Waals surface area contributed by atoms with Gasteiger partial charge in [0.15, 0.2) is 0 Å². The van der Waals surface area contributed by atoms with Gasteiger partial charge >= 0.3 is 0 Å². The minimum absolute atomic E-state index is 0.154. The van der Waals surface area contributed by atoms with Gasteiger partial charge in [0.05, 0.1) is 5.69 Å². The predicted molar refractivity (Wildman–Crippen MR) is 240 cm³/mol. The molecule has 0 saturated heterocycles. The SMILES string of the molecule is CC1(C)c2ccccc2-c2ccc(N(c3ccc(-c4ccccc4)cc3)c3cccc(-c4cccc5ccccc45)c3-c3cccc4c3oc3ccccc34)cc21. The van der Waals surface area contributed by atoms with E-state index in [9.17, 15) is 0 Å². The highest BCUT2D eigenvalue weighted by atomic mass is 16.3. The van der Waals surface area contributed by atoms with Crippen molar-refractivity contribution in [3.63, 3.8) is 0 Å². The molecular formula is C55H39NO. The van der Waals surface area contributed by atoms with Crippen molar-refractivity contribution in [1.29, 1.82) is 0 Å². The first-order valence-corrected chi connectivity index (χ1v) is 19.8. The van der Waals surface area contributed by atoms with Crippen LogP contribution in [-0.4, -0.2) is 0 Å². The van der Waals surface area contributed by atoms with Gasteiger partial charge in [-0.2, -0.15) is 0 Å². The molecule has 0 bridgehead atoms. The second kappa shape index (κ2) is 13.0. The topological polar surface area (TPSA) is 16.4 Å². The van der Waals surface area contributed by atoms with Gasteiger partial charge in [-0.15, -0.1) is 0 Å². The molecule has 270 valence electrons. The zero-order valence-corrected chi connectivity index (χ0v) is 31.9. The number of nitrogens with zero attached hydrogens (tertiary/aromatic N) is 1. The number of rotatable bonds is 6. The van der Waals surface area contributed by atoms with E-state index in [0.717, 1.165) is 55.7 Å². The van der Waals surface area contributed by atoms with Gasteiger partial charge in [-0.05, 0) is 91.7 Å². The summed E-state index contributed by atoms with van der Waals surface area (Å²) in [5, 5.41) is 4.65. The Balaban J connectivity index is 1.22. The molecule has 10 aromatic rings. The van der Waals surface area contributed by atoms with E-state index in [1.807, 2.05) is 6.07 Å². The molecule has 1 aromatic heterocycles. The number of anilines is 3. The summed E-state index contributed by atoms with van der Waals surface area (Å²) < 4.78 is 6.83. The highest BCUT2D eigenvalue weighted by Gasteiger charge is 2.36. The first-order chi connectivity index (χ1) is 28.0. The van der Waals surface area contributed by atoms with Crippen molar-refractivity contribution < 1.29 is 4.42 Å². The van der Waals surface area contributed by atoms with Crippen molar-refractivity contribution in [1.82, 2.24) is 0 Å². The van der Waals surface area contributed by atoms with E-state index in [1.54, 1.807) is 0 Å². The minimum atomic E-state index is -0.154. The van der Waals surface area contributed by atoms with Crippen molar-refractivity contribution in [2.45, 2.75) is 19.3 Å². The van der Waals surface area contributed by atoms with Crippen LogP contribution in [0.4, 0.5) is 17.1 Å². The summed E-state index contributed by atoms with van der Waals surface area (Å²) in [6.45, 7) is 4.71. The molecule has 9 aromatic carbocycles. The van der Waals surface area contributed by atoms with Crippen LogP contribution in [0, 0.1) is 0 Å². The Bertz CT molecular complexity index is 3150. The molecule has 1 aliphatic carbocycles. The van der Waals surface area contributed by atoms with Crippen LogP contribution in [0.5, 0.6) is 0 Å². The van der Waals surface area contributed by atoms with Crippen LogP contribution >= 0.6 is 0 Å². The van der Waals surface area contributed by atoms with Crippen LogP contribution in [0.2, 0.25) is 0 Å². The third-order valence-electron chi connectivity index (χ3n) is 12.1. The van der Waals surface area contributed by atoms with Gasteiger partial charge in [-0.3, -0.25) is 0 Å². The lowest BCUT2D eigenvalue weighted by Crippen LogP contribution is -2.17. The molecule has 0 unspecified atom stereocenters. The van der Waals surface area contributed by atoms with E-state index in [0.29, 0.717) is 0 Å². The van der Waals surface area contributed by atoms with Crippen molar-refractivity contribution >= 4 is 49.8 Å². The molecule has 2 heteroatoms. The summed E-state index contributed by atoms with van der Waals surface area (Å²) in [5.41, 5.74) is 17.1. The highest BCUT2D eigenvalue weighted by Crippen LogP contribution is 2.53. The Morgan fingerprint density at radius 1 is 0.404 bits per heavy atom. The monoisotopic (exact) mass is 729 g/mol. The number of furan rings is 1. The van der Waals surface area contributed by atoms with Crippen LogP contribution in [0.25, 0.3) is 77.2 Å². The van der Waals surface area contributed by atoms with Gasteiger partial charge in [-0.1, -0.05) is 178 Å². The maximum Gasteiger partial charge on any atom is 0.143 e. The van der Waals surface area contributed by atoms with Crippen molar-refractivity contribution in [3.8, 4) is 44.5 Å². The maximum absolute atomic E-state index is 6.83. The van der Waals surface area contributed by atoms with Crippen LogP contribution in [0.15, 0.2) is 205 Å². The standard InChI is InChI=1S/C55H39NO/c1-55(2)49-26-10-8-20-43(49)44-34-33-40(35-50(44)55)56(39-31-29-37(30-32-39)36-15-4-3-5-16-36)51-27-14-23-46(42-22-12-18-38-17-6-7-19-41(38)42)53(51)48-25-13-24-47-45-21-9-11-28-52(45)57-54(47)48/h3-35H,1-2H3. The molecule has 0 fully saturated rings. The van der Waals surface area contributed by atoms with E-state index in [4.69, 9.17) is 4.42 Å². The summed E-state index contributed by atoms with van der Waals surface area (Å²) in [5.74, 6) is 0. The molecule has 1 aliphatic rings. The fourth-order valence-electron chi connectivity index (χ4n) is 9.33. The summed E-state index contributed by atoms with van der Waals surface area (Å²) in [6, 6.07) is 72.7. The molecule has 2 nitrogen and oxygen atoms in total. The van der Waals surface area contributed by atoms with Gasteiger partial charge in [0.1, 0.15) is 11.2 Å². The van der Waals surface area contributed by atoms with Gasteiger partial charge in [0, 0.05) is 38.7 Å². The first kappa shape index (κ1) is 33.2. The zero-order chi connectivity index (χ0) is 38.1. The molecule has 1 heterocycles. The molecule has 11 rings (SSSR count). The van der Waals surface area contributed by atoms with Gasteiger partial charge < -0.3 is 9.32 Å². The van der Waals surface area contributed by atoms with Crippen LogP contribution < -0.4 is 4.90 Å². The van der Waals surface area contributed by atoms with E-state index in [1.165, 1.54) is 49.7 Å². The van der Waals surface area contributed by atoms with Crippen LogP contribution in [0.3, 0.4) is 0 Å². The van der Waals surface area contributed by atoms with Gasteiger partial charge in [-0.25, -0.2) is 0 Å². The molecular weight excluding hydrogens is 691 g/mol. The lowest BCUT2D eigenvalue weighted by Gasteiger charge is -2.31.